The third kappa shape index (κ3) is 1.66. The van der Waals surface area contributed by atoms with Crippen molar-refractivity contribution in [2.45, 2.75) is 44.9 Å². The molecule has 0 bridgehead atoms. The van der Waals surface area contributed by atoms with Gasteiger partial charge in [0.15, 0.2) is 0 Å². The molecule has 0 aliphatic heterocycles. The predicted molar refractivity (Wildman–Crippen MR) is 80.6 cm³/mol. The van der Waals surface area contributed by atoms with Crippen LogP contribution in [0.25, 0.3) is 11.1 Å². The maximum atomic E-state index is 2.41. The summed E-state index contributed by atoms with van der Waals surface area (Å²) in [5, 5.41) is 0. The fraction of sp³-hybridized carbons (Fsp3) is 0.368. The van der Waals surface area contributed by atoms with Crippen LogP contribution in [0.3, 0.4) is 0 Å². The molecule has 0 aromatic heterocycles. The largest absolute Gasteiger partial charge is 0.0620 e. The Kier molecular flexibility index (Phi) is 2.51. The highest BCUT2D eigenvalue weighted by molar-refractivity contribution is 5.76. The number of rotatable bonds is 0. The van der Waals surface area contributed by atoms with E-state index < -0.39 is 0 Å². The molecule has 2 aromatic rings. The van der Waals surface area contributed by atoms with Gasteiger partial charge in [-0.2, -0.15) is 0 Å². The van der Waals surface area contributed by atoms with Crippen molar-refractivity contribution in [2.75, 3.05) is 0 Å². The van der Waals surface area contributed by atoms with E-state index in [1.807, 2.05) is 0 Å². The van der Waals surface area contributed by atoms with Crippen LogP contribution in [0.4, 0.5) is 0 Å². The van der Waals surface area contributed by atoms with Crippen LogP contribution < -0.4 is 0 Å². The van der Waals surface area contributed by atoms with Crippen LogP contribution in [-0.2, 0) is 19.3 Å². The van der Waals surface area contributed by atoms with Crippen molar-refractivity contribution < 1.29 is 0 Å². The molecule has 1 atom stereocenters. The van der Waals surface area contributed by atoms with Gasteiger partial charge >= 0.3 is 0 Å². The Hall–Kier alpha value is -1.56. The molecular weight excluding hydrogens is 228 g/mol. The Morgan fingerprint density at radius 2 is 1.68 bits per heavy atom. The monoisotopic (exact) mass is 248 g/mol. The Morgan fingerprint density at radius 1 is 0.842 bits per heavy atom. The van der Waals surface area contributed by atoms with Crippen molar-refractivity contribution in [3.63, 3.8) is 0 Å². The van der Waals surface area contributed by atoms with Gasteiger partial charge in [0.05, 0.1) is 0 Å². The summed E-state index contributed by atoms with van der Waals surface area (Å²) in [6.45, 7) is 2.41. The second-order valence-electron chi connectivity index (χ2n) is 6.13. The molecule has 96 valence electrons. The van der Waals surface area contributed by atoms with E-state index in [1.54, 1.807) is 16.7 Å². The predicted octanol–water partition coefficient (Wildman–Crippen LogP) is 4.89. The standard InChI is InChI=1S/C19H20/c1-13-12-15-7-3-4-8-16(15)18-11-10-14-6-2-5-9-17(14)19(13)18/h3-4,7-8,10-11,13H,2,5-6,9,12H2,1H3/t13-/m1/s1. The first kappa shape index (κ1) is 11.3. The lowest BCUT2D eigenvalue weighted by Crippen LogP contribution is -2.15. The lowest BCUT2D eigenvalue weighted by molar-refractivity contribution is 0.657. The van der Waals surface area contributed by atoms with Crippen LogP contribution in [-0.4, -0.2) is 0 Å². The quantitative estimate of drug-likeness (QED) is 0.622. The molecule has 0 heteroatoms. The molecule has 0 N–H and O–H groups in total. The summed E-state index contributed by atoms with van der Waals surface area (Å²) < 4.78 is 0. The van der Waals surface area contributed by atoms with Crippen LogP contribution in [0.2, 0.25) is 0 Å². The summed E-state index contributed by atoms with van der Waals surface area (Å²) in [5.41, 5.74) is 9.48. The Balaban J connectivity index is 1.99. The first-order chi connectivity index (χ1) is 9.34. The average molecular weight is 248 g/mol. The van der Waals surface area contributed by atoms with Gasteiger partial charge in [-0.15, -0.1) is 0 Å². The highest BCUT2D eigenvalue weighted by Crippen LogP contribution is 2.43. The first-order valence-corrected chi connectivity index (χ1v) is 7.57. The van der Waals surface area contributed by atoms with E-state index in [4.69, 9.17) is 0 Å². The summed E-state index contributed by atoms with van der Waals surface area (Å²) in [4.78, 5) is 0. The van der Waals surface area contributed by atoms with Crippen molar-refractivity contribution in [1.29, 1.82) is 0 Å². The zero-order valence-corrected chi connectivity index (χ0v) is 11.6. The van der Waals surface area contributed by atoms with E-state index in [-0.39, 0.29) is 0 Å². The van der Waals surface area contributed by atoms with Crippen molar-refractivity contribution in [3.05, 3.63) is 58.7 Å². The van der Waals surface area contributed by atoms with Gasteiger partial charge in [0.1, 0.15) is 0 Å². The number of aryl methyl sites for hydroxylation is 1. The Labute approximate surface area is 115 Å². The van der Waals surface area contributed by atoms with Gasteiger partial charge < -0.3 is 0 Å². The van der Waals surface area contributed by atoms with E-state index in [9.17, 15) is 0 Å². The zero-order chi connectivity index (χ0) is 12.8. The van der Waals surface area contributed by atoms with Crippen molar-refractivity contribution in [1.82, 2.24) is 0 Å². The molecule has 0 saturated heterocycles. The van der Waals surface area contributed by atoms with Gasteiger partial charge in [-0.3, -0.25) is 0 Å². The smallest absolute Gasteiger partial charge is 0.0141 e. The maximum absolute atomic E-state index is 2.41. The summed E-state index contributed by atoms with van der Waals surface area (Å²) >= 11 is 0. The van der Waals surface area contributed by atoms with Crippen LogP contribution in [0.1, 0.15) is 47.9 Å². The second kappa shape index (κ2) is 4.23. The third-order valence-corrected chi connectivity index (χ3v) is 4.90. The number of benzene rings is 2. The topological polar surface area (TPSA) is 0 Å². The van der Waals surface area contributed by atoms with E-state index in [1.165, 1.54) is 48.8 Å². The van der Waals surface area contributed by atoms with Gasteiger partial charge in [-0.25, -0.2) is 0 Å². The highest BCUT2D eigenvalue weighted by Gasteiger charge is 2.26. The minimum Gasteiger partial charge on any atom is -0.0620 e. The molecule has 0 nitrogen and oxygen atoms in total. The molecule has 0 fully saturated rings. The second-order valence-corrected chi connectivity index (χ2v) is 6.13. The van der Waals surface area contributed by atoms with Gasteiger partial charge in [0.25, 0.3) is 0 Å². The molecule has 0 heterocycles. The molecule has 0 spiro atoms. The molecule has 4 rings (SSSR count). The number of hydrogen-bond donors (Lipinski definition) is 0. The number of hydrogen-bond acceptors (Lipinski definition) is 0. The minimum atomic E-state index is 0.679. The van der Waals surface area contributed by atoms with Crippen LogP contribution >= 0.6 is 0 Å². The van der Waals surface area contributed by atoms with Crippen molar-refractivity contribution in [2.24, 2.45) is 0 Å². The first-order valence-electron chi connectivity index (χ1n) is 7.57. The van der Waals surface area contributed by atoms with Crippen LogP contribution in [0.5, 0.6) is 0 Å². The summed E-state index contributed by atoms with van der Waals surface area (Å²) in [6, 6.07) is 13.7. The third-order valence-electron chi connectivity index (χ3n) is 4.90. The molecule has 2 aromatic carbocycles. The average Bonchev–Trinajstić information content (AvgIpc) is 2.46. The van der Waals surface area contributed by atoms with Gasteiger partial charge in [-0.1, -0.05) is 43.3 Å². The molecule has 2 aliphatic rings. The molecule has 0 saturated carbocycles. The lowest BCUT2D eigenvalue weighted by atomic mass is 9.74. The lowest BCUT2D eigenvalue weighted by Gasteiger charge is -2.31. The molecule has 0 radical (unpaired) electrons. The van der Waals surface area contributed by atoms with E-state index >= 15 is 0 Å². The van der Waals surface area contributed by atoms with E-state index in [0.29, 0.717) is 5.92 Å². The van der Waals surface area contributed by atoms with Crippen LogP contribution in [0.15, 0.2) is 36.4 Å². The summed E-state index contributed by atoms with van der Waals surface area (Å²) in [7, 11) is 0. The van der Waals surface area contributed by atoms with Gasteiger partial charge in [0, 0.05) is 0 Å². The van der Waals surface area contributed by atoms with Gasteiger partial charge in [-0.05, 0) is 71.4 Å². The Morgan fingerprint density at radius 3 is 2.63 bits per heavy atom. The fourth-order valence-corrected chi connectivity index (χ4v) is 4.05. The molecule has 0 amide bonds. The van der Waals surface area contributed by atoms with Crippen molar-refractivity contribution in [3.8, 4) is 11.1 Å². The zero-order valence-electron chi connectivity index (χ0n) is 11.6. The SMILES string of the molecule is C[C@@H]1Cc2ccccc2-c2ccc3c(c21)CCCC3. The molecule has 19 heavy (non-hydrogen) atoms. The normalized spacial score (nSPS) is 20.4. The summed E-state index contributed by atoms with van der Waals surface area (Å²) in [6.07, 6.45) is 6.54. The van der Waals surface area contributed by atoms with Gasteiger partial charge in [0.2, 0.25) is 0 Å². The highest BCUT2D eigenvalue weighted by atomic mass is 14.3. The van der Waals surface area contributed by atoms with Crippen LogP contribution in [0, 0.1) is 0 Å². The molecule has 2 aliphatic carbocycles. The maximum Gasteiger partial charge on any atom is -0.0141 e. The van der Waals surface area contributed by atoms with Crippen molar-refractivity contribution >= 4 is 0 Å². The fourth-order valence-electron chi connectivity index (χ4n) is 4.05. The van der Waals surface area contributed by atoms with E-state index in [0.717, 1.165) is 0 Å². The Bertz CT molecular complexity index is 636. The molecular formula is C19H20. The van der Waals surface area contributed by atoms with E-state index in [2.05, 4.69) is 43.3 Å². The molecule has 0 unspecified atom stereocenters. The minimum absolute atomic E-state index is 0.679. The number of fused-ring (bicyclic) bond motifs is 5. The summed E-state index contributed by atoms with van der Waals surface area (Å²) in [5.74, 6) is 0.679.